The van der Waals surface area contributed by atoms with Crippen molar-refractivity contribution in [2.24, 2.45) is 5.41 Å². The van der Waals surface area contributed by atoms with Crippen molar-refractivity contribution >= 4 is 49.8 Å². The quantitative estimate of drug-likeness (QED) is 0.458. The highest BCUT2D eigenvalue weighted by Crippen LogP contribution is 2.53. The smallest absolute Gasteiger partial charge is 0.268 e. The minimum Gasteiger partial charge on any atom is -0.306 e. The predicted octanol–water partition coefficient (Wildman–Crippen LogP) is 6.13. The lowest BCUT2D eigenvalue weighted by Gasteiger charge is -2.54. The molecule has 2 aliphatic heterocycles. The monoisotopic (exact) mass is 554 g/mol. The van der Waals surface area contributed by atoms with Crippen molar-refractivity contribution in [1.82, 2.24) is 4.31 Å². The highest BCUT2D eigenvalue weighted by molar-refractivity contribution is 9.10. The number of alkyl halides is 2. The maximum Gasteiger partial charge on any atom is 0.268 e. The van der Waals surface area contributed by atoms with Crippen LogP contribution in [-0.2, 0) is 16.4 Å². The van der Waals surface area contributed by atoms with Crippen molar-refractivity contribution in [1.29, 1.82) is 0 Å². The lowest BCUT2D eigenvalue weighted by Crippen LogP contribution is -2.59. The van der Waals surface area contributed by atoms with Crippen LogP contribution in [0.15, 0.2) is 39.0 Å². The Morgan fingerprint density at radius 2 is 1.76 bits per heavy atom. The van der Waals surface area contributed by atoms with Crippen LogP contribution in [-0.4, -0.2) is 40.0 Å². The van der Waals surface area contributed by atoms with Gasteiger partial charge in [-0.05, 0) is 60.9 Å². The average molecular weight is 556 g/mol. The van der Waals surface area contributed by atoms with Crippen molar-refractivity contribution in [3.8, 4) is 0 Å². The molecule has 1 saturated heterocycles. The van der Waals surface area contributed by atoms with E-state index >= 15 is 0 Å². The maximum absolute atomic E-state index is 13.9. The van der Waals surface area contributed by atoms with Crippen LogP contribution in [0, 0.1) is 5.41 Å². The highest BCUT2D eigenvalue weighted by atomic mass is 79.9. The average Bonchev–Trinajstić information content (AvgIpc) is 3.32. The standard InChI is InChI=1S/C24H25BrF2N2O2S2/c25-16-2-3-19-18(10-16)23(6-8-24(26,27)9-7-23)15-29(19)21(30)20-11-17(12-32-20)33(31)28-13-22(14-28)4-1-5-22/h2-3,10-12H,1,4-9,13-15H2. The SMILES string of the molecule is O=C(c1cc(S(=O)N2CC3(CCC3)C2)cs1)N1CC2(CCC(F)(F)CC2)c2cc(Br)ccc21. The largest absolute Gasteiger partial charge is 0.306 e. The van der Waals surface area contributed by atoms with Crippen LogP contribution >= 0.6 is 27.3 Å². The number of anilines is 1. The van der Waals surface area contributed by atoms with E-state index < -0.39 is 22.3 Å². The minimum absolute atomic E-state index is 0.139. The molecule has 2 saturated carbocycles. The number of amides is 1. The van der Waals surface area contributed by atoms with Gasteiger partial charge in [-0.1, -0.05) is 22.4 Å². The molecule has 1 atom stereocenters. The molecule has 3 heterocycles. The molecule has 1 unspecified atom stereocenters. The fraction of sp³-hybridized carbons (Fsp3) is 0.542. The first-order valence-corrected chi connectivity index (χ1v) is 14.2. The Hall–Kier alpha value is -1.16. The summed E-state index contributed by atoms with van der Waals surface area (Å²) in [5, 5.41) is 1.82. The zero-order valence-corrected chi connectivity index (χ0v) is 21.3. The Bertz CT molecular complexity index is 1150. The summed E-state index contributed by atoms with van der Waals surface area (Å²) in [7, 11) is -1.24. The molecule has 176 valence electrons. The molecule has 1 aromatic heterocycles. The Morgan fingerprint density at radius 3 is 2.42 bits per heavy atom. The van der Waals surface area contributed by atoms with Gasteiger partial charge in [-0.15, -0.1) is 11.3 Å². The van der Waals surface area contributed by atoms with Gasteiger partial charge in [0.05, 0.1) is 9.77 Å². The predicted molar refractivity (Wildman–Crippen MR) is 129 cm³/mol. The Morgan fingerprint density at radius 1 is 1.03 bits per heavy atom. The molecule has 9 heteroatoms. The lowest BCUT2D eigenvalue weighted by atomic mass is 9.65. The molecule has 0 N–H and O–H groups in total. The molecule has 3 fully saturated rings. The van der Waals surface area contributed by atoms with Gasteiger partial charge in [-0.25, -0.2) is 17.3 Å². The normalized spacial score (nSPS) is 25.5. The molecule has 1 amide bonds. The molecule has 0 radical (unpaired) electrons. The summed E-state index contributed by atoms with van der Waals surface area (Å²) < 4.78 is 43.8. The third kappa shape index (κ3) is 3.65. The second kappa shape index (κ2) is 7.67. The van der Waals surface area contributed by atoms with E-state index in [2.05, 4.69) is 15.9 Å². The summed E-state index contributed by atoms with van der Waals surface area (Å²) in [6, 6.07) is 7.54. The fourth-order valence-electron chi connectivity index (χ4n) is 5.96. The number of hydrogen-bond donors (Lipinski definition) is 0. The number of carbonyl (C=O) groups is 1. The first kappa shape index (κ1) is 22.3. The van der Waals surface area contributed by atoms with Crippen LogP contribution in [0.5, 0.6) is 0 Å². The van der Waals surface area contributed by atoms with Gasteiger partial charge in [0, 0.05) is 53.4 Å². The zero-order valence-electron chi connectivity index (χ0n) is 18.1. The summed E-state index contributed by atoms with van der Waals surface area (Å²) in [5.41, 5.74) is 1.74. The van der Waals surface area contributed by atoms with Gasteiger partial charge >= 0.3 is 0 Å². The summed E-state index contributed by atoms with van der Waals surface area (Å²) >= 11 is 4.83. The second-order valence-electron chi connectivity index (χ2n) is 10.2. The maximum atomic E-state index is 13.9. The number of hydrogen-bond acceptors (Lipinski definition) is 3. The van der Waals surface area contributed by atoms with E-state index in [1.807, 2.05) is 27.9 Å². The molecule has 4 nitrogen and oxygen atoms in total. The van der Waals surface area contributed by atoms with E-state index in [-0.39, 0.29) is 18.7 Å². The molecule has 0 bridgehead atoms. The number of halogens is 3. The minimum atomic E-state index is -2.63. The van der Waals surface area contributed by atoms with Crippen LogP contribution in [0.4, 0.5) is 14.5 Å². The lowest BCUT2D eigenvalue weighted by molar-refractivity contribution is -0.0499. The van der Waals surface area contributed by atoms with Gasteiger partial charge in [-0.2, -0.15) is 0 Å². The van der Waals surface area contributed by atoms with Gasteiger partial charge in [0.1, 0.15) is 11.0 Å². The summed E-state index contributed by atoms with van der Waals surface area (Å²) in [6.45, 7) is 2.17. The number of fused-ring (bicyclic) bond motifs is 2. The Balaban J connectivity index is 1.24. The number of thiophene rings is 1. The molecule has 2 aromatic rings. The first-order valence-electron chi connectivity index (χ1n) is 11.4. The molecule has 2 aliphatic carbocycles. The number of nitrogens with zero attached hydrogens (tertiary/aromatic N) is 2. The van der Waals surface area contributed by atoms with E-state index in [4.69, 9.17) is 0 Å². The third-order valence-electron chi connectivity index (χ3n) is 8.13. The van der Waals surface area contributed by atoms with Crippen molar-refractivity contribution < 1.29 is 17.8 Å². The van der Waals surface area contributed by atoms with Crippen molar-refractivity contribution in [3.63, 3.8) is 0 Å². The number of carbonyl (C=O) groups excluding carboxylic acids is 1. The van der Waals surface area contributed by atoms with Crippen LogP contribution in [0.1, 0.15) is 60.2 Å². The Labute approximate surface area is 207 Å². The molecule has 4 aliphatic rings. The topological polar surface area (TPSA) is 40.6 Å². The van der Waals surface area contributed by atoms with E-state index in [1.54, 1.807) is 11.0 Å². The Kier molecular flexibility index (Phi) is 5.19. The van der Waals surface area contributed by atoms with E-state index in [0.29, 0.717) is 34.6 Å². The number of benzene rings is 1. The fourth-order valence-corrected chi connectivity index (χ4v) is 8.89. The van der Waals surface area contributed by atoms with Gasteiger partial charge in [0.2, 0.25) is 5.92 Å². The second-order valence-corrected chi connectivity index (χ2v) is 13.5. The van der Waals surface area contributed by atoms with Crippen molar-refractivity contribution in [2.75, 3.05) is 24.5 Å². The van der Waals surface area contributed by atoms with E-state index in [0.717, 1.165) is 28.8 Å². The molecule has 6 rings (SSSR count). The molecule has 33 heavy (non-hydrogen) atoms. The highest BCUT2D eigenvalue weighted by Gasteiger charge is 2.51. The van der Waals surface area contributed by atoms with Gasteiger partial charge in [0.25, 0.3) is 5.91 Å². The molecule has 1 aromatic carbocycles. The van der Waals surface area contributed by atoms with Gasteiger partial charge < -0.3 is 4.90 Å². The molecular formula is C24H25BrF2N2O2S2. The van der Waals surface area contributed by atoms with Crippen LogP contribution in [0.2, 0.25) is 0 Å². The van der Waals surface area contributed by atoms with E-state index in [9.17, 15) is 17.8 Å². The summed E-state index contributed by atoms with van der Waals surface area (Å²) in [5.74, 6) is -2.77. The summed E-state index contributed by atoms with van der Waals surface area (Å²) in [6.07, 6.45) is 4.15. The van der Waals surface area contributed by atoms with E-state index in [1.165, 1.54) is 30.6 Å². The van der Waals surface area contributed by atoms with Crippen LogP contribution < -0.4 is 4.90 Å². The molecular weight excluding hydrogens is 530 g/mol. The van der Waals surface area contributed by atoms with Crippen LogP contribution in [0.25, 0.3) is 0 Å². The van der Waals surface area contributed by atoms with Crippen LogP contribution in [0.3, 0.4) is 0 Å². The number of rotatable bonds is 3. The first-order chi connectivity index (χ1) is 15.7. The van der Waals surface area contributed by atoms with Crippen molar-refractivity contribution in [3.05, 3.63) is 44.6 Å². The molecule has 2 spiro atoms. The van der Waals surface area contributed by atoms with Gasteiger partial charge in [-0.3, -0.25) is 4.79 Å². The third-order valence-corrected chi connectivity index (χ3v) is 11.1. The summed E-state index contributed by atoms with van der Waals surface area (Å²) in [4.78, 5) is 16.5. The zero-order chi connectivity index (χ0) is 23.0. The van der Waals surface area contributed by atoms with Crippen molar-refractivity contribution in [2.45, 2.75) is 61.2 Å². The van der Waals surface area contributed by atoms with Gasteiger partial charge in [0.15, 0.2) is 0 Å².